The lowest BCUT2D eigenvalue weighted by atomic mass is 9.95. The summed E-state index contributed by atoms with van der Waals surface area (Å²) in [6.07, 6.45) is 6.08. The minimum absolute atomic E-state index is 0.0909. The van der Waals surface area contributed by atoms with Gasteiger partial charge in [0.25, 0.3) is 11.5 Å². The second-order valence-electron chi connectivity index (χ2n) is 9.58. The Hall–Kier alpha value is -4.21. The molecule has 0 bridgehead atoms. The van der Waals surface area contributed by atoms with Gasteiger partial charge in [-0.2, -0.15) is 0 Å². The van der Waals surface area contributed by atoms with Gasteiger partial charge in [0.1, 0.15) is 6.54 Å². The molecule has 0 unspecified atom stereocenters. The molecule has 1 aliphatic rings. The van der Waals surface area contributed by atoms with Gasteiger partial charge in [0.05, 0.1) is 10.9 Å². The summed E-state index contributed by atoms with van der Waals surface area (Å²) in [4.78, 5) is 52.0. The van der Waals surface area contributed by atoms with Gasteiger partial charge in [-0.3, -0.25) is 19.0 Å². The Bertz CT molecular complexity index is 1620. The van der Waals surface area contributed by atoms with E-state index in [1.807, 2.05) is 25.1 Å². The summed E-state index contributed by atoms with van der Waals surface area (Å²) in [6.45, 7) is 1.70. The largest absolute Gasteiger partial charge is 0.352 e. The Morgan fingerprint density at radius 1 is 1.05 bits per heavy atom. The van der Waals surface area contributed by atoms with Gasteiger partial charge in [-0.05, 0) is 55.2 Å². The number of hydrogen-bond donors (Lipinski definition) is 2. The van der Waals surface area contributed by atoms with Crippen molar-refractivity contribution in [1.82, 2.24) is 24.1 Å². The molecule has 1 saturated carbocycles. The van der Waals surface area contributed by atoms with Crippen LogP contribution in [0, 0.1) is 0 Å². The zero-order chi connectivity index (χ0) is 26.1. The lowest BCUT2D eigenvalue weighted by Gasteiger charge is -2.22. The van der Waals surface area contributed by atoms with Gasteiger partial charge in [0.2, 0.25) is 11.7 Å². The molecular weight excluding hydrogens is 472 g/mol. The van der Waals surface area contributed by atoms with E-state index < -0.39 is 11.6 Å². The molecule has 1 aliphatic carbocycles. The molecule has 10 heteroatoms. The van der Waals surface area contributed by atoms with Gasteiger partial charge in [-0.1, -0.05) is 38.3 Å². The Balaban J connectivity index is 1.49. The van der Waals surface area contributed by atoms with E-state index in [-0.39, 0.29) is 40.7 Å². The fourth-order valence-electron chi connectivity index (χ4n) is 4.96. The predicted molar refractivity (Wildman–Crippen MR) is 141 cm³/mol. The first-order valence-corrected chi connectivity index (χ1v) is 12.7. The highest BCUT2D eigenvalue weighted by molar-refractivity contribution is 5.98. The highest BCUT2D eigenvalue weighted by Gasteiger charge is 2.20. The fraction of sp³-hybridized carbons (Fsp3) is 0.370. The van der Waals surface area contributed by atoms with Crippen molar-refractivity contribution in [2.45, 2.75) is 58.0 Å². The number of rotatable bonds is 6. The number of carbonyl (C=O) groups excluding carboxylic acids is 2. The number of hydrogen-bond acceptors (Lipinski definition) is 5. The molecular formula is C27H30N6O4. The van der Waals surface area contributed by atoms with E-state index in [2.05, 4.69) is 15.7 Å². The summed E-state index contributed by atoms with van der Waals surface area (Å²) in [5, 5.41) is 10.4. The second kappa shape index (κ2) is 10.0. The van der Waals surface area contributed by atoms with E-state index in [9.17, 15) is 19.2 Å². The maximum Gasteiger partial charge on any atom is 0.352 e. The third-order valence-electron chi connectivity index (χ3n) is 7.01. The third kappa shape index (κ3) is 4.78. The van der Waals surface area contributed by atoms with Crippen molar-refractivity contribution in [2.24, 2.45) is 7.05 Å². The molecule has 2 aromatic carbocycles. The minimum atomic E-state index is -0.571. The lowest BCUT2D eigenvalue weighted by Crippen LogP contribution is -2.36. The first-order chi connectivity index (χ1) is 17.9. The number of anilines is 1. The van der Waals surface area contributed by atoms with Crippen LogP contribution in [0.1, 0.15) is 54.9 Å². The van der Waals surface area contributed by atoms with Crippen LogP contribution in [0.5, 0.6) is 0 Å². The normalized spacial score (nSPS) is 14.2. The number of benzene rings is 2. The number of carbonyl (C=O) groups is 2. The molecule has 1 fully saturated rings. The molecule has 2 N–H and O–H groups in total. The zero-order valence-electron chi connectivity index (χ0n) is 21.0. The van der Waals surface area contributed by atoms with E-state index in [0.717, 1.165) is 42.3 Å². The minimum Gasteiger partial charge on any atom is -0.349 e. The molecule has 0 atom stereocenters. The highest BCUT2D eigenvalue weighted by atomic mass is 16.2. The first-order valence-electron chi connectivity index (χ1n) is 12.7. The summed E-state index contributed by atoms with van der Waals surface area (Å²) >= 11 is 0. The van der Waals surface area contributed by atoms with Crippen LogP contribution in [0.3, 0.4) is 0 Å². The van der Waals surface area contributed by atoms with Crippen molar-refractivity contribution in [1.29, 1.82) is 0 Å². The second-order valence-corrected chi connectivity index (χ2v) is 9.58. The molecule has 192 valence electrons. The molecule has 2 amide bonds. The van der Waals surface area contributed by atoms with Crippen LogP contribution >= 0.6 is 0 Å². The maximum absolute atomic E-state index is 13.4. The average Bonchev–Trinajstić information content (AvgIpc) is 3.23. The van der Waals surface area contributed by atoms with Crippen molar-refractivity contribution in [3.05, 3.63) is 74.4 Å². The van der Waals surface area contributed by atoms with Gasteiger partial charge in [0, 0.05) is 24.3 Å². The summed E-state index contributed by atoms with van der Waals surface area (Å²) in [5.74, 6) is -0.564. The molecule has 0 spiro atoms. The fourth-order valence-corrected chi connectivity index (χ4v) is 4.96. The van der Waals surface area contributed by atoms with Crippen LogP contribution in [0.25, 0.3) is 16.7 Å². The van der Waals surface area contributed by atoms with Crippen LogP contribution in [0.2, 0.25) is 0 Å². The Kier molecular flexibility index (Phi) is 6.64. The van der Waals surface area contributed by atoms with Crippen molar-refractivity contribution in [2.75, 3.05) is 5.32 Å². The van der Waals surface area contributed by atoms with Crippen LogP contribution in [0.15, 0.2) is 52.1 Å². The van der Waals surface area contributed by atoms with Crippen LogP contribution in [0.4, 0.5) is 5.69 Å². The lowest BCUT2D eigenvalue weighted by molar-refractivity contribution is -0.117. The van der Waals surface area contributed by atoms with Gasteiger partial charge in [-0.15, -0.1) is 5.10 Å². The molecule has 2 aromatic heterocycles. The van der Waals surface area contributed by atoms with Crippen molar-refractivity contribution < 1.29 is 9.59 Å². The van der Waals surface area contributed by atoms with Gasteiger partial charge in [0.15, 0.2) is 0 Å². The van der Waals surface area contributed by atoms with Crippen molar-refractivity contribution >= 4 is 34.2 Å². The monoisotopic (exact) mass is 502 g/mol. The molecule has 0 radical (unpaired) electrons. The Labute approximate surface area is 212 Å². The zero-order valence-corrected chi connectivity index (χ0v) is 21.0. The molecule has 0 aliphatic heterocycles. The summed E-state index contributed by atoms with van der Waals surface area (Å²) < 4.78 is 3.58. The van der Waals surface area contributed by atoms with Gasteiger partial charge in [-0.25, -0.2) is 13.9 Å². The van der Waals surface area contributed by atoms with Gasteiger partial charge < -0.3 is 10.6 Å². The topological polar surface area (TPSA) is 120 Å². The summed E-state index contributed by atoms with van der Waals surface area (Å²) in [5.41, 5.74) is 1.43. The van der Waals surface area contributed by atoms with Crippen LogP contribution < -0.4 is 21.9 Å². The molecule has 10 nitrogen and oxygen atoms in total. The SMILES string of the molecule is CCc1cccc(NC(=O)Cn2nc3n(C)c(=O)c4ccc(C(=O)NC5CCCCC5)cc4n3c2=O)c1. The predicted octanol–water partition coefficient (Wildman–Crippen LogP) is 2.61. The van der Waals surface area contributed by atoms with E-state index in [0.29, 0.717) is 11.3 Å². The third-order valence-corrected chi connectivity index (χ3v) is 7.01. The first kappa shape index (κ1) is 24.5. The molecule has 0 saturated heterocycles. The van der Waals surface area contributed by atoms with Gasteiger partial charge >= 0.3 is 5.69 Å². The number of amides is 2. The molecule has 5 rings (SSSR count). The Morgan fingerprint density at radius 2 is 1.84 bits per heavy atom. The molecule has 37 heavy (non-hydrogen) atoms. The number of nitrogens with zero attached hydrogens (tertiary/aromatic N) is 4. The van der Waals surface area contributed by atoms with Crippen molar-refractivity contribution in [3.8, 4) is 0 Å². The number of aromatic nitrogens is 4. The number of aryl methyl sites for hydroxylation is 2. The van der Waals surface area contributed by atoms with Crippen LogP contribution in [-0.2, 0) is 24.8 Å². The van der Waals surface area contributed by atoms with Crippen molar-refractivity contribution in [3.63, 3.8) is 0 Å². The smallest absolute Gasteiger partial charge is 0.349 e. The van der Waals surface area contributed by atoms with E-state index >= 15 is 0 Å². The maximum atomic E-state index is 13.4. The van der Waals surface area contributed by atoms with E-state index in [1.165, 1.54) is 22.4 Å². The average molecular weight is 503 g/mol. The quantitative estimate of drug-likeness (QED) is 0.420. The molecule has 4 aromatic rings. The van der Waals surface area contributed by atoms with E-state index in [4.69, 9.17) is 0 Å². The van der Waals surface area contributed by atoms with E-state index in [1.54, 1.807) is 24.3 Å². The summed E-state index contributed by atoms with van der Waals surface area (Å²) in [6, 6.07) is 12.3. The Morgan fingerprint density at radius 3 is 2.59 bits per heavy atom. The number of nitrogens with one attached hydrogen (secondary N) is 2. The highest BCUT2D eigenvalue weighted by Crippen LogP contribution is 2.19. The summed E-state index contributed by atoms with van der Waals surface area (Å²) in [7, 11) is 1.52. The molecule has 2 heterocycles. The number of fused-ring (bicyclic) bond motifs is 3. The van der Waals surface area contributed by atoms with Crippen LogP contribution in [-0.4, -0.2) is 36.6 Å². The standard InChI is InChI=1S/C27H30N6O4/c1-3-17-8-7-11-20(14-17)28-23(34)16-32-27(37)33-22-15-18(24(35)29-19-9-5-4-6-10-19)12-13-21(22)25(36)31(2)26(33)30-32/h7-8,11-15,19H,3-6,9-10,16H2,1-2H3,(H,28,34)(H,29,35).